The number of aromatic nitrogens is 8. The normalized spacial score (nSPS) is 7.78. The second-order valence-corrected chi connectivity index (χ2v) is 11.0. The van der Waals surface area contributed by atoms with Gasteiger partial charge in [0, 0.05) is 13.8 Å². The quantitative estimate of drug-likeness (QED) is 0.101. The van der Waals surface area contributed by atoms with Crippen molar-refractivity contribution in [2.45, 2.75) is 55.4 Å². The van der Waals surface area contributed by atoms with Crippen LogP contribution in [0.2, 0.25) is 20.1 Å². The summed E-state index contributed by atoms with van der Waals surface area (Å²) in [5.41, 5.74) is 24.8. The summed E-state index contributed by atoms with van der Waals surface area (Å²) in [5, 5.41) is 35.8. The van der Waals surface area contributed by atoms with Gasteiger partial charge in [0.1, 0.15) is 44.7 Å². The fraction of sp³-hybridized carbons (Fsp3) is 0.286. The van der Waals surface area contributed by atoms with E-state index in [2.05, 4.69) is 88.7 Å². The van der Waals surface area contributed by atoms with E-state index in [-0.39, 0.29) is 30.4 Å². The van der Waals surface area contributed by atoms with Crippen LogP contribution in [0.3, 0.4) is 0 Å². The molecule has 4 aromatic heterocycles. The Morgan fingerprint density at radius 3 is 0.836 bits per heavy atom. The Hall–Kier alpha value is -3.58. The van der Waals surface area contributed by atoms with E-state index in [9.17, 15) is 0 Å². The van der Waals surface area contributed by atoms with E-state index in [1.165, 1.54) is 20.6 Å². The van der Waals surface area contributed by atoms with Crippen LogP contribution in [-0.4, -0.2) is 61.5 Å². The number of anilines is 4. The Labute approximate surface area is 372 Å². The molecule has 0 atom stereocenters. The fourth-order valence-electron chi connectivity index (χ4n) is 3.00. The zero-order valence-corrected chi connectivity index (χ0v) is 39.9. The molecule has 4 rings (SSSR count). The van der Waals surface area contributed by atoms with E-state index < -0.39 is 0 Å². The first-order chi connectivity index (χ1) is 24.1. The van der Waals surface area contributed by atoms with Crippen LogP contribution in [0.15, 0.2) is 0 Å². The van der Waals surface area contributed by atoms with Crippen molar-refractivity contribution < 1.29 is 40.4 Å². The fourth-order valence-corrected chi connectivity index (χ4v) is 3.35. The van der Waals surface area contributed by atoms with Crippen LogP contribution >= 0.6 is 95.3 Å². The average molecular weight is 966 g/mol. The Bertz CT molecular complexity index is 1530. The van der Waals surface area contributed by atoms with E-state index in [1.807, 2.05) is 27.7 Å². The monoisotopic (exact) mass is 962 g/mol. The van der Waals surface area contributed by atoms with Crippen molar-refractivity contribution in [3.63, 3.8) is 0 Å². The summed E-state index contributed by atoms with van der Waals surface area (Å²) in [7, 11) is 0. The summed E-state index contributed by atoms with van der Waals surface area (Å²) in [6.45, 7) is 14.5. The topological polar surface area (TPSA) is 362 Å². The molecule has 0 spiro atoms. The van der Waals surface area contributed by atoms with Crippen molar-refractivity contribution in [3.8, 4) is 0 Å². The van der Waals surface area contributed by atoms with E-state index in [4.69, 9.17) is 91.0 Å². The molecular weight excluding hydrogens is 928 g/mol. The summed E-state index contributed by atoms with van der Waals surface area (Å²) >= 11 is 37.7. The first-order valence-corrected chi connectivity index (χ1v) is 16.4. The molecule has 0 aliphatic heterocycles. The number of thiocarbonyl (C=S) groups is 4. The minimum Gasteiger partial charge on any atom is -0.753 e. The Balaban J connectivity index is -0.000000100. The Morgan fingerprint density at radius 2 is 0.655 bits per heavy atom. The molecule has 0 unspecified atom stereocenters. The third kappa shape index (κ3) is 32.4. The molecule has 14 N–H and O–H groups in total. The molecule has 0 amide bonds. The van der Waals surface area contributed by atoms with Gasteiger partial charge in [0.2, 0.25) is 23.3 Å². The maximum absolute atomic E-state index is 7.13. The van der Waals surface area contributed by atoms with Crippen LogP contribution < -0.4 is 32.9 Å². The molecule has 0 fully saturated rings. The van der Waals surface area contributed by atoms with Crippen LogP contribution in [0.1, 0.15) is 46.1 Å². The van der Waals surface area contributed by atoms with Crippen LogP contribution in [-0.2, 0) is 19.5 Å². The van der Waals surface area contributed by atoms with Gasteiger partial charge in [-0.15, -0.1) is 9.97 Å². The summed E-state index contributed by atoms with van der Waals surface area (Å²) in [6, 6.07) is 0. The molecule has 0 radical (unpaired) electrons. The number of H-pyrrole nitrogens is 2. The summed E-state index contributed by atoms with van der Waals surface area (Å²) in [5.74, 6) is 4.52. The van der Waals surface area contributed by atoms with Gasteiger partial charge in [0.15, 0.2) is 10.0 Å². The number of nitrogens with one attached hydrogen (secondary N) is 2. The van der Waals surface area contributed by atoms with Crippen LogP contribution in [0.5, 0.6) is 0 Å². The number of hydrogen-bond donors (Lipinski definition) is 4. The van der Waals surface area contributed by atoms with Gasteiger partial charge in [-0.2, -0.15) is 20.6 Å². The van der Waals surface area contributed by atoms with Crippen molar-refractivity contribution in [2.75, 3.05) is 22.9 Å². The van der Waals surface area contributed by atoms with Crippen molar-refractivity contribution in [1.82, 2.24) is 29.9 Å². The maximum Gasteiger partial charge on any atom is 2.00 e. The number of aryl methyl sites for hydroxylation is 8. The zero-order chi connectivity index (χ0) is 41.7. The summed E-state index contributed by atoms with van der Waals surface area (Å²) < 4.78 is 0. The SMILES string of the molecule is Cc1nc(C)c(Cl)c(N)[nH+]1.Cc1nc(C)c(Cl)c(N)[nH+]1.Cc1nc(C)c(Cl)c(N)n1.Cc1nc(C)c(Cl)c(N)n1.O.O.[N-]=C=S.[N-]=C=S.[N-]=C=S.[N-]=C=S.[Zn+2]. The molecule has 296 valence electrons. The van der Waals surface area contributed by atoms with E-state index >= 15 is 0 Å². The van der Waals surface area contributed by atoms with Crippen molar-refractivity contribution in [2.24, 2.45) is 0 Å². The Morgan fingerprint density at radius 1 is 0.455 bits per heavy atom. The number of halogens is 4. The van der Waals surface area contributed by atoms with Crippen LogP contribution in [0.4, 0.5) is 23.3 Å². The minimum absolute atomic E-state index is 0. The largest absolute Gasteiger partial charge is 2.00 e. The van der Waals surface area contributed by atoms with Crippen molar-refractivity contribution in [1.29, 1.82) is 0 Å². The third-order valence-electron chi connectivity index (χ3n) is 4.72. The van der Waals surface area contributed by atoms with Gasteiger partial charge in [-0.25, -0.2) is 29.9 Å². The van der Waals surface area contributed by atoms with E-state index in [0.717, 1.165) is 34.4 Å². The number of nitrogens with zero attached hydrogens (tertiary/aromatic N) is 10. The number of isothiocyanates is 4. The average Bonchev–Trinajstić information content (AvgIpc) is 3.02. The van der Waals surface area contributed by atoms with Crippen LogP contribution in [0, 0.1) is 55.4 Å². The smallest absolute Gasteiger partial charge is 0.753 e. The molecule has 0 aromatic carbocycles. The number of hydrogen-bond acceptors (Lipinski definition) is 14. The standard InChI is InChI=1S/4C6H8ClN3.4CNS.2H2O.Zn/c4*1-3-5(7)6(8)10-4(2)9-3;4*2-1-3;;;/h4*1-2H3,(H2,8,9,10);;;;;2*1H2;/q;;;;4*-1;;;+2/p+2. The number of rotatable bonds is 0. The summed E-state index contributed by atoms with van der Waals surface area (Å²) in [6.07, 6.45) is 0. The van der Waals surface area contributed by atoms with Gasteiger partial charge in [-0.3, -0.25) is 0 Å². The Kier molecular flexibility index (Phi) is 46.6. The van der Waals surface area contributed by atoms with Crippen LogP contribution in [0.25, 0.3) is 21.6 Å². The van der Waals surface area contributed by atoms with Gasteiger partial charge < -0.3 is 55.5 Å². The van der Waals surface area contributed by atoms with Gasteiger partial charge in [0.05, 0.1) is 11.4 Å². The molecule has 55 heavy (non-hydrogen) atoms. The first-order valence-electron chi connectivity index (χ1n) is 13.3. The molecule has 0 saturated carbocycles. The zero-order valence-electron chi connectivity index (χ0n) is 30.6. The predicted molar refractivity (Wildman–Crippen MR) is 232 cm³/mol. The number of nitrogens with two attached hydrogens (primary N) is 4. The molecule has 4 aromatic rings. The molecule has 0 aliphatic rings. The third-order valence-corrected chi connectivity index (χ3v) is 6.61. The molecule has 27 heteroatoms. The van der Waals surface area contributed by atoms with Gasteiger partial charge >= 0.3 is 19.5 Å². The van der Waals surface area contributed by atoms with E-state index in [0.29, 0.717) is 55.0 Å². The molecule has 0 saturated heterocycles. The van der Waals surface area contributed by atoms with Gasteiger partial charge in [-0.05, 0) is 41.5 Å². The van der Waals surface area contributed by atoms with Crippen molar-refractivity contribution >= 4 is 139 Å². The second kappa shape index (κ2) is 38.7. The molecule has 4 heterocycles. The van der Waals surface area contributed by atoms with Gasteiger partial charge in [0.25, 0.3) is 0 Å². The molecular formula is C28H38Cl4N16O2S4Zn. The van der Waals surface area contributed by atoms with Gasteiger partial charge in [-0.1, -0.05) is 95.3 Å². The maximum atomic E-state index is 7.13. The summed E-state index contributed by atoms with van der Waals surface area (Å²) in [4.78, 5) is 29.5. The predicted octanol–water partition coefficient (Wildman–Crippen LogP) is 5.14. The minimum atomic E-state index is 0. The molecule has 18 nitrogen and oxygen atoms in total. The first kappa shape index (κ1) is 66.3. The number of aromatic amines is 2. The van der Waals surface area contributed by atoms with E-state index in [1.54, 1.807) is 27.7 Å². The molecule has 0 bridgehead atoms. The molecule has 0 aliphatic carbocycles. The van der Waals surface area contributed by atoms with Crippen molar-refractivity contribution in [3.05, 3.63) is 87.8 Å². The second-order valence-electron chi connectivity index (χ2n) is 8.75. The number of nitrogen functional groups attached to an aromatic ring is 4.